The molecule has 2 aromatic carbocycles. The minimum atomic E-state index is -0.339. The van der Waals surface area contributed by atoms with Gasteiger partial charge in [-0.2, -0.15) is 5.10 Å². The lowest BCUT2D eigenvalue weighted by molar-refractivity contribution is 0.585. The molecule has 0 aliphatic heterocycles. The fourth-order valence-electron chi connectivity index (χ4n) is 1.96. The van der Waals surface area contributed by atoms with Crippen molar-refractivity contribution in [1.82, 2.24) is 14.8 Å². The van der Waals surface area contributed by atoms with Crippen LogP contribution in [0.3, 0.4) is 0 Å². The number of aromatic nitrogens is 3. The zero-order chi connectivity index (χ0) is 14.8. The van der Waals surface area contributed by atoms with E-state index in [0.717, 1.165) is 9.13 Å². The fourth-order valence-corrected chi connectivity index (χ4v) is 2.66. The van der Waals surface area contributed by atoms with Crippen LogP contribution in [-0.2, 0) is 6.54 Å². The highest BCUT2D eigenvalue weighted by Crippen LogP contribution is 2.18. The van der Waals surface area contributed by atoms with Crippen molar-refractivity contribution in [2.75, 3.05) is 0 Å². The van der Waals surface area contributed by atoms with Crippen LogP contribution in [0.4, 0.5) is 4.39 Å². The first-order valence-electron chi connectivity index (χ1n) is 6.21. The lowest BCUT2D eigenvalue weighted by Crippen LogP contribution is -2.02. The summed E-state index contributed by atoms with van der Waals surface area (Å²) in [4.78, 5) is 4.27. The molecule has 0 bridgehead atoms. The number of nitrogens with zero attached hydrogens (tertiary/aromatic N) is 3. The summed E-state index contributed by atoms with van der Waals surface area (Å²) in [5, 5.41) is 4.77. The molecule has 3 aromatic rings. The second-order valence-corrected chi connectivity index (χ2v) is 6.19. The Bertz CT molecular complexity index is 788. The van der Waals surface area contributed by atoms with Crippen LogP contribution < -0.4 is 0 Å². The van der Waals surface area contributed by atoms with Gasteiger partial charge in [0, 0.05) is 19.7 Å². The van der Waals surface area contributed by atoms with E-state index in [0.29, 0.717) is 23.0 Å². The van der Waals surface area contributed by atoms with E-state index in [9.17, 15) is 4.39 Å². The number of benzene rings is 2. The molecule has 0 amide bonds. The summed E-state index contributed by atoms with van der Waals surface area (Å²) in [6, 6.07) is 12.5. The van der Waals surface area contributed by atoms with Gasteiger partial charge in [-0.15, -0.1) is 0 Å². The maximum absolute atomic E-state index is 13.8. The molecule has 0 atom stereocenters. The van der Waals surface area contributed by atoms with Crippen LogP contribution in [0.1, 0.15) is 5.56 Å². The average molecular weight is 414 g/mol. The average Bonchev–Trinajstić information content (AvgIpc) is 2.91. The zero-order valence-electron chi connectivity index (χ0n) is 10.8. The van der Waals surface area contributed by atoms with Crippen molar-refractivity contribution in [3.63, 3.8) is 0 Å². The molecule has 21 heavy (non-hydrogen) atoms. The molecule has 0 saturated carbocycles. The lowest BCUT2D eigenvalue weighted by Gasteiger charge is -2.03. The standard InChI is InChI=1S/C15H10ClFIN3/c16-12-5-4-11(14(17)7-12)8-21-9-19-15(20-21)10-2-1-3-13(18)6-10/h1-7,9H,8H2. The van der Waals surface area contributed by atoms with Gasteiger partial charge < -0.3 is 0 Å². The molecule has 0 radical (unpaired) electrons. The summed E-state index contributed by atoms with van der Waals surface area (Å²) < 4.78 is 16.5. The van der Waals surface area contributed by atoms with E-state index in [-0.39, 0.29) is 5.82 Å². The fraction of sp³-hybridized carbons (Fsp3) is 0.0667. The Balaban J connectivity index is 1.85. The van der Waals surface area contributed by atoms with E-state index in [2.05, 4.69) is 32.7 Å². The molecular weight excluding hydrogens is 404 g/mol. The third-order valence-electron chi connectivity index (χ3n) is 2.97. The molecule has 3 nitrogen and oxygen atoms in total. The van der Waals surface area contributed by atoms with Crippen molar-refractivity contribution in [2.24, 2.45) is 0 Å². The van der Waals surface area contributed by atoms with E-state index in [1.165, 1.54) is 6.07 Å². The molecule has 0 saturated heterocycles. The van der Waals surface area contributed by atoms with E-state index in [1.807, 2.05) is 24.3 Å². The molecule has 0 N–H and O–H groups in total. The normalized spacial score (nSPS) is 10.8. The van der Waals surface area contributed by atoms with Crippen LogP contribution >= 0.6 is 34.2 Å². The predicted octanol–water partition coefficient (Wildman–Crippen LogP) is 4.39. The summed E-state index contributed by atoms with van der Waals surface area (Å²) in [6.07, 6.45) is 1.60. The minimum absolute atomic E-state index is 0.319. The monoisotopic (exact) mass is 413 g/mol. The lowest BCUT2D eigenvalue weighted by atomic mass is 10.2. The quantitative estimate of drug-likeness (QED) is 0.596. The second kappa shape index (κ2) is 6.11. The van der Waals surface area contributed by atoms with Crippen molar-refractivity contribution < 1.29 is 4.39 Å². The molecule has 1 aromatic heterocycles. The van der Waals surface area contributed by atoms with Gasteiger partial charge in [-0.1, -0.05) is 29.8 Å². The van der Waals surface area contributed by atoms with Crippen LogP contribution in [0.5, 0.6) is 0 Å². The maximum atomic E-state index is 13.8. The topological polar surface area (TPSA) is 30.7 Å². The Labute approximate surface area is 139 Å². The molecule has 3 rings (SSSR count). The van der Waals surface area contributed by atoms with Crippen molar-refractivity contribution >= 4 is 34.2 Å². The molecule has 106 valence electrons. The molecule has 0 aliphatic carbocycles. The van der Waals surface area contributed by atoms with E-state index in [1.54, 1.807) is 23.1 Å². The summed E-state index contributed by atoms with van der Waals surface area (Å²) in [6.45, 7) is 0.319. The van der Waals surface area contributed by atoms with Crippen molar-refractivity contribution in [2.45, 2.75) is 6.54 Å². The molecule has 0 aliphatic rings. The van der Waals surface area contributed by atoms with Gasteiger partial charge in [0.25, 0.3) is 0 Å². The summed E-state index contributed by atoms with van der Waals surface area (Å²) in [7, 11) is 0. The SMILES string of the molecule is Fc1cc(Cl)ccc1Cn1cnc(-c2cccc(I)c2)n1. The Morgan fingerprint density at radius 3 is 2.81 bits per heavy atom. The van der Waals surface area contributed by atoms with Gasteiger partial charge in [-0.25, -0.2) is 14.1 Å². The molecular formula is C15H10ClFIN3. The van der Waals surface area contributed by atoms with Crippen LogP contribution in [0.2, 0.25) is 5.02 Å². The van der Waals surface area contributed by atoms with Crippen LogP contribution in [0.15, 0.2) is 48.8 Å². The highest BCUT2D eigenvalue weighted by atomic mass is 127. The molecule has 0 spiro atoms. The second-order valence-electron chi connectivity index (χ2n) is 4.51. The highest BCUT2D eigenvalue weighted by Gasteiger charge is 2.08. The van der Waals surface area contributed by atoms with E-state index >= 15 is 0 Å². The van der Waals surface area contributed by atoms with Gasteiger partial charge in [0.2, 0.25) is 0 Å². The van der Waals surface area contributed by atoms with Gasteiger partial charge in [-0.05, 0) is 46.9 Å². The zero-order valence-corrected chi connectivity index (χ0v) is 13.7. The third-order valence-corrected chi connectivity index (χ3v) is 3.87. The number of rotatable bonds is 3. The largest absolute Gasteiger partial charge is 0.248 e. The van der Waals surface area contributed by atoms with Gasteiger partial charge >= 0.3 is 0 Å². The summed E-state index contributed by atoms with van der Waals surface area (Å²) in [5.74, 6) is 0.289. The molecule has 0 fully saturated rings. The third kappa shape index (κ3) is 3.41. The van der Waals surface area contributed by atoms with E-state index < -0.39 is 0 Å². The first kappa shape index (κ1) is 14.5. The Kier molecular flexibility index (Phi) is 4.21. The summed E-state index contributed by atoms with van der Waals surface area (Å²) in [5.41, 5.74) is 1.47. The Hall–Kier alpha value is -1.47. The van der Waals surface area contributed by atoms with Crippen LogP contribution in [-0.4, -0.2) is 14.8 Å². The van der Waals surface area contributed by atoms with Crippen molar-refractivity contribution in [3.05, 3.63) is 68.8 Å². The first-order valence-corrected chi connectivity index (χ1v) is 7.67. The smallest absolute Gasteiger partial charge is 0.181 e. The van der Waals surface area contributed by atoms with Crippen LogP contribution in [0, 0.1) is 9.39 Å². The van der Waals surface area contributed by atoms with Gasteiger partial charge in [0.1, 0.15) is 12.1 Å². The first-order chi connectivity index (χ1) is 10.1. The summed E-state index contributed by atoms with van der Waals surface area (Å²) >= 11 is 7.98. The van der Waals surface area contributed by atoms with Crippen molar-refractivity contribution in [3.8, 4) is 11.4 Å². The van der Waals surface area contributed by atoms with Crippen LogP contribution in [0.25, 0.3) is 11.4 Å². The number of hydrogen-bond donors (Lipinski definition) is 0. The Morgan fingerprint density at radius 2 is 2.05 bits per heavy atom. The number of hydrogen-bond acceptors (Lipinski definition) is 2. The van der Waals surface area contributed by atoms with E-state index in [4.69, 9.17) is 11.6 Å². The minimum Gasteiger partial charge on any atom is -0.248 e. The van der Waals surface area contributed by atoms with Gasteiger partial charge in [0.05, 0.1) is 6.54 Å². The van der Waals surface area contributed by atoms with Gasteiger partial charge in [0.15, 0.2) is 5.82 Å². The Morgan fingerprint density at radius 1 is 1.19 bits per heavy atom. The maximum Gasteiger partial charge on any atom is 0.181 e. The highest BCUT2D eigenvalue weighted by molar-refractivity contribution is 14.1. The van der Waals surface area contributed by atoms with Crippen molar-refractivity contribution in [1.29, 1.82) is 0 Å². The molecule has 0 unspecified atom stereocenters. The number of halogens is 3. The van der Waals surface area contributed by atoms with Gasteiger partial charge in [-0.3, -0.25) is 0 Å². The predicted molar refractivity (Wildman–Crippen MR) is 88.7 cm³/mol. The molecule has 1 heterocycles. The molecule has 6 heteroatoms.